The van der Waals surface area contributed by atoms with Crippen LogP contribution in [0.25, 0.3) is 0 Å². The summed E-state index contributed by atoms with van der Waals surface area (Å²) in [6.45, 7) is 5.10. The molecule has 0 aliphatic carbocycles. The van der Waals surface area contributed by atoms with Gasteiger partial charge < -0.3 is 4.74 Å². The van der Waals surface area contributed by atoms with E-state index in [0.29, 0.717) is 18.4 Å². The number of methoxy groups -OCH3 is 1. The Kier molecular flexibility index (Phi) is 6.19. The van der Waals surface area contributed by atoms with Crippen LogP contribution in [0.5, 0.6) is 0 Å². The number of hydrogen-bond donors (Lipinski definition) is 2. The maximum absolute atomic E-state index is 5.66. The maximum atomic E-state index is 5.66. The van der Waals surface area contributed by atoms with Crippen molar-refractivity contribution in [2.24, 2.45) is 11.8 Å². The molecule has 3 N–H and O–H groups in total. The van der Waals surface area contributed by atoms with Gasteiger partial charge >= 0.3 is 0 Å². The summed E-state index contributed by atoms with van der Waals surface area (Å²) in [7, 11) is 1.71. The monoisotopic (exact) mass is 236 g/mol. The summed E-state index contributed by atoms with van der Waals surface area (Å²) in [6.07, 6.45) is 1.13. The summed E-state index contributed by atoms with van der Waals surface area (Å²) in [6, 6.07) is 10.7. The Morgan fingerprint density at radius 3 is 2.41 bits per heavy atom. The van der Waals surface area contributed by atoms with Gasteiger partial charge in [0.15, 0.2) is 0 Å². The van der Waals surface area contributed by atoms with Crippen molar-refractivity contribution in [3.8, 4) is 0 Å². The molecule has 0 saturated carbocycles. The minimum atomic E-state index is 0.150. The first-order chi connectivity index (χ1) is 8.24. The standard InChI is InChI=1S/C14H24N2O/c1-4-11(2)14(13(16-15)10-17-3)12-8-6-5-7-9-12/h5-9,11,13-14,16H,4,10,15H2,1-3H3. The molecule has 17 heavy (non-hydrogen) atoms. The van der Waals surface area contributed by atoms with E-state index in [1.165, 1.54) is 5.56 Å². The summed E-state index contributed by atoms with van der Waals surface area (Å²) >= 11 is 0. The first-order valence-corrected chi connectivity index (χ1v) is 6.24. The lowest BCUT2D eigenvalue weighted by Gasteiger charge is -2.31. The van der Waals surface area contributed by atoms with E-state index in [1.54, 1.807) is 7.11 Å². The molecular formula is C14H24N2O. The lowest BCUT2D eigenvalue weighted by atomic mass is 9.80. The van der Waals surface area contributed by atoms with Gasteiger partial charge in [-0.05, 0) is 11.5 Å². The van der Waals surface area contributed by atoms with E-state index < -0.39 is 0 Å². The highest BCUT2D eigenvalue weighted by Gasteiger charge is 2.26. The highest BCUT2D eigenvalue weighted by Crippen LogP contribution is 2.30. The van der Waals surface area contributed by atoms with Crippen LogP contribution in [0.3, 0.4) is 0 Å². The van der Waals surface area contributed by atoms with Gasteiger partial charge in [0.25, 0.3) is 0 Å². The fraction of sp³-hybridized carbons (Fsp3) is 0.571. The third-order valence-electron chi connectivity index (χ3n) is 3.44. The van der Waals surface area contributed by atoms with Crippen LogP contribution < -0.4 is 11.3 Å². The first kappa shape index (κ1) is 14.2. The van der Waals surface area contributed by atoms with E-state index in [1.807, 2.05) is 6.07 Å². The van der Waals surface area contributed by atoms with Gasteiger partial charge in [-0.15, -0.1) is 0 Å². The number of benzene rings is 1. The average molecular weight is 236 g/mol. The number of nitrogens with one attached hydrogen (secondary N) is 1. The molecule has 1 aromatic carbocycles. The molecule has 3 atom stereocenters. The van der Waals surface area contributed by atoms with Crippen LogP contribution >= 0.6 is 0 Å². The number of hydrazine groups is 1. The summed E-state index contributed by atoms with van der Waals surface area (Å²) < 4.78 is 5.25. The van der Waals surface area contributed by atoms with Crippen molar-refractivity contribution in [2.45, 2.75) is 32.2 Å². The molecule has 3 unspecified atom stereocenters. The summed E-state index contributed by atoms with van der Waals surface area (Å²) in [4.78, 5) is 0. The lowest BCUT2D eigenvalue weighted by molar-refractivity contribution is 0.143. The zero-order valence-electron chi connectivity index (χ0n) is 11.0. The van der Waals surface area contributed by atoms with Gasteiger partial charge in [0, 0.05) is 13.0 Å². The van der Waals surface area contributed by atoms with Gasteiger partial charge in [0.1, 0.15) is 0 Å². The van der Waals surface area contributed by atoms with E-state index in [0.717, 1.165) is 6.42 Å². The highest BCUT2D eigenvalue weighted by atomic mass is 16.5. The van der Waals surface area contributed by atoms with Gasteiger partial charge in [-0.2, -0.15) is 0 Å². The van der Waals surface area contributed by atoms with Crippen LogP contribution in [0.2, 0.25) is 0 Å². The Balaban J connectivity index is 2.94. The molecule has 3 nitrogen and oxygen atoms in total. The molecule has 0 aliphatic heterocycles. The highest BCUT2D eigenvalue weighted by molar-refractivity contribution is 5.22. The molecule has 1 rings (SSSR count). The van der Waals surface area contributed by atoms with Crippen molar-refractivity contribution in [2.75, 3.05) is 13.7 Å². The van der Waals surface area contributed by atoms with Crippen molar-refractivity contribution in [1.82, 2.24) is 5.43 Å². The molecule has 96 valence electrons. The first-order valence-electron chi connectivity index (χ1n) is 6.24. The fourth-order valence-corrected chi connectivity index (χ4v) is 2.32. The largest absolute Gasteiger partial charge is 0.383 e. The average Bonchev–Trinajstić information content (AvgIpc) is 2.39. The van der Waals surface area contributed by atoms with Crippen LogP contribution in [0, 0.1) is 5.92 Å². The second-order valence-electron chi connectivity index (χ2n) is 4.55. The van der Waals surface area contributed by atoms with Crippen LogP contribution in [0.1, 0.15) is 31.7 Å². The van der Waals surface area contributed by atoms with E-state index in [4.69, 9.17) is 10.6 Å². The number of hydrogen-bond acceptors (Lipinski definition) is 3. The second kappa shape index (κ2) is 7.43. The molecule has 0 bridgehead atoms. The quantitative estimate of drug-likeness (QED) is 0.564. The molecule has 0 radical (unpaired) electrons. The SMILES string of the molecule is CCC(C)C(c1ccccc1)C(COC)NN. The molecule has 3 heteroatoms. The molecule has 0 spiro atoms. The summed E-state index contributed by atoms with van der Waals surface area (Å²) in [5, 5.41) is 0. The zero-order valence-corrected chi connectivity index (χ0v) is 11.0. The third kappa shape index (κ3) is 3.80. The molecule has 0 heterocycles. The van der Waals surface area contributed by atoms with Crippen molar-refractivity contribution in [1.29, 1.82) is 0 Å². The molecule has 0 fully saturated rings. The maximum Gasteiger partial charge on any atom is 0.0635 e. The summed E-state index contributed by atoms with van der Waals surface area (Å²) in [5.74, 6) is 6.60. The molecular weight excluding hydrogens is 212 g/mol. The molecule has 0 saturated heterocycles. The Hall–Kier alpha value is -0.900. The van der Waals surface area contributed by atoms with Crippen LogP contribution in [-0.2, 0) is 4.74 Å². The number of ether oxygens (including phenoxy) is 1. The van der Waals surface area contributed by atoms with Crippen molar-refractivity contribution in [3.05, 3.63) is 35.9 Å². The molecule has 0 aliphatic rings. The van der Waals surface area contributed by atoms with Crippen LogP contribution in [0.15, 0.2) is 30.3 Å². The molecule has 1 aromatic rings. The topological polar surface area (TPSA) is 47.3 Å². The van der Waals surface area contributed by atoms with Gasteiger partial charge in [-0.3, -0.25) is 11.3 Å². The van der Waals surface area contributed by atoms with Gasteiger partial charge in [-0.25, -0.2) is 0 Å². The van der Waals surface area contributed by atoms with Crippen LogP contribution in [-0.4, -0.2) is 19.8 Å². The number of nitrogens with two attached hydrogens (primary N) is 1. The van der Waals surface area contributed by atoms with E-state index >= 15 is 0 Å². The van der Waals surface area contributed by atoms with Gasteiger partial charge in [0.2, 0.25) is 0 Å². The Labute approximate surface area is 104 Å². The fourth-order valence-electron chi connectivity index (χ4n) is 2.32. The van der Waals surface area contributed by atoms with E-state index in [-0.39, 0.29) is 6.04 Å². The zero-order chi connectivity index (χ0) is 12.7. The summed E-state index contributed by atoms with van der Waals surface area (Å²) in [5.41, 5.74) is 4.21. The third-order valence-corrected chi connectivity index (χ3v) is 3.44. The molecule has 0 aromatic heterocycles. The predicted octanol–water partition coefficient (Wildman–Crippen LogP) is 2.29. The van der Waals surface area contributed by atoms with E-state index in [9.17, 15) is 0 Å². The van der Waals surface area contributed by atoms with Crippen molar-refractivity contribution >= 4 is 0 Å². The van der Waals surface area contributed by atoms with E-state index in [2.05, 4.69) is 43.5 Å². The van der Waals surface area contributed by atoms with Crippen molar-refractivity contribution in [3.63, 3.8) is 0 Å². The van der Waals surface area contributed by atoms with Crippen LogP contribution in [0.4, 0.5) is 0 Å². The van der Waals surface area contributed by atoms with Gasteiger partial charge in [0.05, 0.1) is 12.6 Å². The predicted molar refractivity (Wildman–Crippen MR) is 71.6 cm³/mol. The minimum absolute atomic E-state index is 0.150. The Morgan fingerprint density at radius 1 is 1.29 bits per heavy atom. The van der Waals surface area contributed by atoms with Gasteiger partial charge in [-0.1, -0.05) is 50.6 Å². The second-order valence-corrected chi connectivity index (χ2v) is 4.55. The Bertz CT molecular complexity index is 302. The smallest absolute Gasteiger partial charge is 0.0635 e. The normalized spacial score (nSPS) is 16.5. The minimum Gasteiger partial charge on any atom is -0.383 e. The number of rotatable bonds is 7. The molecule has 0 amide bonds. The Morgan fingerprint density at radius 2 is 1.94 bits per heavy atom. The van der Waals surface area contributed by atoms with Crippen molar-refractivity contribution < 1.29 is 4.74 Å². The lowest BCUT2D eigenvalue weighted by Crippen LogP contribution is -2.44.